The first-order chi connectivity index (χ1) is 7.11. The summed E-state index contributed by atoms with van der Waals surface area (Å²) in [4.78, 5) is 15.8. The smallest absolute Gasteiger partial charge is 0.404 e. The summed E-state index contributed by atoms with van der Waals surface area (Å²) in [6, 6.07) is 0. The predicted octanol–water partition coefficient (Wildman–Crippen LogP) is 1.35. The number of carbonyl (C=O) groups excluding carboxylic acids is 1. The van der Waals surface area contributed by atoms with E-state index in [1.54, 1.807) is 25.3 Å². The van der Waals surface area contributed by atoms with Crippen molar-refractivity contribution >= 4 is 17.7 Å². The van der Waals surface area contributed by atoms with Crippen LogP contribution in [-0.2, 0) is 9.57 Å². The van der Waals surface area contributed by atoms with Gasteiger partial charge >= 0.3 is 6.09 Å². The lowest BCUT2D eigenvalue weighted by Crippen LogP contribution is -2.32. The van der Waals surface area contributed by atoms with Crippen molar-refractivity contribution in [1.82, 2.24) is 5.06 Å². The Labute approximate surface area is 93.0 Å². The number of hydroxylamine groups is 2. The molecule has 0 saturated carbocycles. The predicted molar refractivity (Wildman–Crippen MR) is 55.9 cm³/mol. The van der Waals surface area contributed by atoms with Crippen LogP contribution < -0.4 is 5.73 Å². The van der Waals surface area contributed by atoms with E-state index in [1.165, 1.54) is 5.06 Å². The minimum Gasteiger partial charge on any atom is -0.445 e. The highest BCUT2D eigenvalue weighted by Gasteiger charge is 2.13. The van der Waals surface area contributed by atoms with E-state index < -0.39 is 6.09 Å². The van der Waals surface area contributed by atoms with Crippen LogP contribution in [0.2, 0.25) is 0 Å². The Kier molecular flexibility index (Phi) is 4.30. The minimum absolute atomic E-state index is 0.298. The Morgan fingerprint density at radius 3 is 3.13 bits per heavy atom. The Bertz CT molecular complexity index is 291. The van der Waals surface area contributed by atoms with Gasteiger partial charge in [0.15, 0.2) is 0 Å². The van der Waals surface area contributed by atoms with Gasteiger partial charge in [0.05, 0.1) is 12.4 Å². The average Bonchev–Trinajstić information content (AvgIpc) is 2.16. The number of hydrogen-bond donors (Lipinski definition) is 1. The number of hydrogen-bond acceptors (Lipinski definition) is 4. The molecule has 0 saturated heterocycles. The van der Waals surface area contributed by atoms with E-state index in [4.69, 9.17) is 26.9 Å². The number of carbonyl (C=O) groups is 1. The summed E-state index contributed by atoms with van der Waals surface area (Å²) < 4.78 is 4.75. The maximum Gasteiger partial charge on any atom is 0.404 e. The van der Waals surface area contributed by atoms with Crippen LogP contribution in [0.3, 0.4) is 0 Å². The maximum absolute atomic E-state index is 10.5. The third-order valence-electron chi connectivity index (χ3n) is 1.66. The fraction of sp³-hybridized carbons (Fsp3) is 0.444. The fourth-order valence-corrected chi connectivity index (χ4v) is 1.25. The molecule has 1 atom stereocenters. The number of rotatable bonds is 4. The summed E-state index contributed by atoms with van der Waals surface area (Å²) in [7, 11) is 0. The van der Waals surface area contributed by atoms with Gasteiger partial charge in [-0.2, -0.15) is 0 Å². The molecule has 0 aromatic heterocycles. The number of ether oxygens (including phenoxy) is 1. The lowest BCUT2D eigenvalue weighted by Gasteiger charge is -2.26. The van der Waals surface area contributed by atoms with Gasteiger partial charge in [0.2, 0.25) is 0 Å². The molecule has 2 N–H and O–H groups in total. The number of halogens is 1. The fourth-order valence-electron chi connectivity index (χ4n) is 1.11. The van der Waals surface area contributed by atoms with Crippen LogP contribution in [0, 0.1) is 0 Å². The number of amides is 1. The highest BCUT2D eigenvalue weighted by Crippen LogP contribution is 2.11. The number of nitrogens with two attached hydrogens (primary N) is 1. The molecule has 6 heteroatoms. The van der Waals surface area contributed by atoms with Crippen LogP contribution in [0.4, 0.5) is 4.79 Å². The van der Waals surface area contributed by atoms with Gasteiger partial charge in [-0.15, -0.1) is 11.6 Å². The average molecular weight is 233 g/mol. The molecule has 0 fully saturated rings. The highest BCUT2D eigenvalue weighted by molar-refractivity contribution is 6.19. The zero-order chi connectivity index (χ0) is 11.3. The van der Waals surface area contributed by atoms with Gasteiger partial charge in [0.1, 0.15) is 11.9 Å². The minimum atomic E-state index is -0.795. The summed E-state index contributed by atoms with van der Waals surface area (Å²) in [5.74, 6) is 0.941. The molecule has 1 rings (SSSR count). The molecule has 0 spiro atoms. The van der Waals surface area contributed by atoms with Crippen molar-refractivity contribution in [2.75, 3.05) is 12.4 Å². The summed E-state index contributed by atoms with van der Waals surface area (Å²) in [6.07, 6.45) is 4.15. The number of allylic oxidation sites excluding steroid dienone is 3. The van der Waals surface area contributed by atoms with Gasteiger partial charge in [0.25, 0.3) is 0 Å². The zero-order valence-corrected chi connectivity index (χ0v) is 9.11. The van der Waals surface area contributed by atoms with Gasteiger partial charge in [-0.05, 0) is 19.1 Å². The molecule has 1 aliphatic heterocycles. The topological polar surface area (TPSA) is 64.8 Å². The Balaban J connectivity index is 2.37. The van der Waals surface area contributed by atoms with Gasteiger partial charge in [-0.1, -0.05) is 0 Å². The van der Waals surface area contributed by atoms with E-state index in [1.807, 2.05) is 0 Å². The highest BCUT2D eigenvalue weighted by atomic mass is 35.5. The summed E-state index contributed by atoms with van der Waals surface area (Å²) >= 11 is 5.61. The molecular weight excluding hydrogens is 220 g/mol. The molecule has 15 heavy (non-hydrogen) atoms. The van der Waals surface area contributed by atoms with E-state index in [0.717, 1.165) is 0 Å². The van der Waals surface area contributed by atoms with Crippen molar-refractivity contribution in [3.8, 4) is 0 Å². The molecule has 1 amide bonds. The first kappa shape index (κ1) is 11.7. The van der Waals surface area contributed by atoms with Crippen LogP contribution in [0.15, 0.2) is 24.1 Å². The van der Waals surface area contributed by atoms with Crippen LogP contribution in [-0.4, -0.2) is 29.7 Å². The van der Waals surface area contributed by atoms with Crippen molar-refractivity contribution in [3.05, 3.63) is 24.1 Å². The SMILES string of the molecule is C[C@@H](CN1C=CC=C(CCl)O1)OC(N)=O. The number of primary amides is 1. The molecule has 0 aromatic rings. The van der Waals surface area contributed by atoms with Crippen molar-refractivity contribution in [2.24, 2.45) is 5.73 Å². The zero-order valence-electron chi connectivity index (χ0n) is 8.35. The Morgan fingerprint density at radius 2 is 2.53 bits per heavy atom. The molecule has 0 radical (unpaired) electrons. The van der Waals surface area contributed by atoms with Gasteiger partial charge in [0, 0.05) is 6.20 Å². The number of alkyl halides is 1. The summed E-state index contributed by atoms with van der Waals surface area (Å²) in [5, 5.41) is 1.53. The van der Waals surface area contributed by atoms with Crippen molar-refractivity contribution in [3.63, 3.8) is 0 Å². The van der Waals surface area contributed by atoms with Crippen molar-refractivity contribution < 1.29 is 14.4 Å². The second-order valence-corrected chi connectivity index (χ2v) is 3.31. The third kappa shape index (κ3) is 4.12. The standard InChI is InChI=1S/C9H13ClN2O3/c1-7(14-9(11)13)6-12-4-2-3-8(5-10)15-12/h2-4,7H,5-6H2,1H3,(H2,11,13)/t7-/m0/s1. The maximum atomic E-state index is 10.5. The summed E-state index contributed by atoms with van der Waals surface area (Å²) in [6.45, 7) is 2.12. The van der Waals surface area contributed by atoms with Gasteiger partial charge < -0.3 is 15.3 Å². The second kappa shape index (κ2) is 5.50. The number of nitrogens with zero attached hydrogens (tertiary/aromatic N) is 1. The second-order valence-electron chi connectivity index (χ2n) is 3.05. The monoisotopic (exact) mass is 232 g/mol. The molecule has 0 aliphatic carbocycles. The van der Waals surface area contributed by atoms with E-state index in [0.29, 0.717) is 18.2 Å². The Morgan fingerprint density at radius 1 is 1.80 bits per heavy atom. The molecule has 84 valence electrons. The normalized spacial score (nSPS) is 16.7. The first-order valence-corrected chi connectivity index (χ1v) is 4.99. The molecular formula is C9H13ClN2O3. The molecule has 0 bridgehead atoms. The van der Waals surface area contributed by atoms with Gasteiger partial charge in [-0.3, -0.25) is 0 Å². The summed E-state index contributed by atoms with van der Waals surface area (Å²) in [5.41, 5.74) is 4.88. The van der Waals surface area contributed by atoms with Crippen molar-refractivity contribution in [1.29, 1.82) is 0 Å². The Hall–Kier alpha value is -1.36. The molecule has 5 nitrogen and oxygen atoms in total. The van der Waals surface area contributed by atoms with E-state index in [-0.39, 0.29) is 6.10 Å². The molecule has 1 aliphatic rings. The quantitative estimate of drug-likeness (QED) is 0.744. The van der Waals surface area contributed by atoms with Crippen LogP contribution >= 0.6 is 11.6 Å². The molecule has 0 unspecified atom stereocenters. The largest absolute Gasteiger partial charge is 0.445 e. The molecule has 0 aromatic carbocycles. The van der Waals surface area contributed by atoms with E-state index >= 15 is 0 Å². The lowest BCUT2D eigenvalue weighted by atomic mass is 10.4. The lowest BCUT2D eigenvalue weighted by molar-refractivity contribution is -0.0967. The van der Waals surface area contributed by atoms with Crippen LogP contribution in [0.25, 0.3) is 0 Å². The van der Waals surface area contributed by atoms with Crippen molar-refractivity contribution in [2.45, 2.75) is 13.0 Å². The first-order valence-electron chi connectivity index (χ1n) is 4.46. The van der Waals surface area contributed by atoms with Crippen LogP contribution in [0.5, 0.6) is 0 Å². The van der Waals surface area contributed by atoms with E-state index in [9.17, 15) is 4.79 Å². The van der Waals surface area contributed by atoms with Gasteiger partial charge in [-0.25, -0.2) is 9.86 Å². The third-order valence-corrected chi connectivity index (χ3v) is 1.92. The molecule has 1 heterocycles. The van der Waals surface area contributed by atoms with Crippen LogP contribution in [0.1, 0.15) is 6.92 Å². The van der Waals surface area contributed by atoms with E-state index in [2.05, 4.69) is 0 Å².